The average Bonchev–Trinajstić information content (AvgIpc) is 2.30. The molecule has 0 spiro atoms. The number of amides is 1. The third-order valence-electron chi connectivity index (χ3n) is 2.26. The van der Waals surface area contributed by atoms with E-state index in [0.717, 1.165) is 10.7 Å². The number of hydrogen-bond acceptors (Lipinski definition) is 4. The number of carbonyl (C=O) groups excluding carboxylic acids is 1. The summed E-state index contributed by atoms with van der Waals surface area (Å²) in [6.45, 7) is 0.679. The van der Waals surface area contributed by atoms with Crippen molar-refractivity contribution in [2.24, 2.45) is 0 Å². The maximum absolute atomic E-state index is 11.7. The van der Waals surface area contributed by atoms with E-state index >= 15 is 0 Å². The zero-order valence-electron chi connectivity index (χ0n) is 10.4. The van der Waals surface area contributed by atoms with Gasteiger partial charge in [0.25, 0.3) is 5.91 Å². The van der Waals surface area contributed by atoms with Crippen LogP contribution in [-0.4, -0.2) is 33.7 Å². The van der Waals surface area contributed by atoms with E-state index in [-0.39, 0.29) is 5.91 Å². The molecule has 0 unspecified atom stereocenters. The quantitative estimate of drug-likeness (QED) is 0.519. The molecule has 0 bridgehead atoms. The molecular formula is C11H16BrN3O3S. The molecule has 0 aliphatic rings. The monoisotopic (exact) mass is 349 g/mol. The SMILES string of the molecule is CS(=O)(=O)NCCCNC(=O)c1ccc(Br)c(N)c1. The maximum Gasteiger partial charge on any atom is 0.251 e. The molecule has 0 aliphatic heterocycles. The van der Waals surface area contributed by atoms with Crippen LogP contribution in [-0.2, 0) is 10.0 Å². The van der Waals surface area contributed by atoms with Crippen molar-refractivity contribution < 1.29 is 13.2 Å². The number of rotatable bonds is 6. The molecule has 0 saturated carbocycles. The molecule has 0 aliphatic carbocycles. The number of nitrogen functional groups attached to an aromatic ring is 1. The Hall–Kier alpha value is -1.12. The highest BCUT2D eigenvalue weighted by Crippen LogP contribution is 2.19. The molecule has 4 N–H and O–H groups in total. The smallest absolute Gasteiger partial charge is 0.251 e. The number of sulfonamides is 1. The van der Waals surface area contributed by atoms with Crippen LogP contribution in [0.4, 0.5) is 5.69 Å². The van der Waals surface area contributed by atoms with E-state index in [9.17, 15) is 13.2 Å². The van der Waals surface area contributed by atoms with E-state index in [2.05, 4.69) is 26.0 Å². The van der Waals surface area contributed by atoms with Gasteiger partial charge in [-0.15, -0.1) is 0 Å². The molecule has 106 valence electrons. The van der Waals surface area contributed by atoms with Crippen LogP contribution < -0.4 is 15.8 Å². The predicted molar refractivity (Wildman–Crippen MR) is 78.4 cm³/mol. The van der Waals surface area contributed by atoms with Gasteiger partial charge in [0, 0.05) is 28.8 Å². The van der Waals surface area contributed by atoms with Crippen molar-refractivity contribution in [3.05, 3.63) is 28.2 Å². The summed E-state index contributed by atoms with van der Waals surface area (Å²) in [5.41, 5.74) is 6.64. The van der Waals surface area contributed by atoms with Gasteiger partial charge in [-0.25, -0.2) is 13.1 Å². The lowest BCUT2D eigenvalue weighted by atomic mass is 10.2. The van der Waals surface area contributed by atoms with Crippen LogP contribution in [0, 0.1) is 0 Å². The Morgan fingerprint density at radius 2 is 2.05 bits per heavy atom. The van der Waals surface area contributed by atoms with E-state index in [0.29, 0.717) is 30.8 Å². The Morgan fingerprint density at radius 1 is 1.37 bits per heavy atom. The number of hydrogen-bond donors (Lipinski definition) is 3. The highest BCUT2D eigenvalue weighted by Gasteiger charge is 2.06. The van der Waals surface area contributed by atoms with Gasteiger partial charge in [-0.2, -0.15) is 0 Å². The Kier molecular flexibility index (Phi) is 5.77. The van der Waals surface area contributed by atoms with Gasteiger partial charge in [0.05, 0.1) is 6.26 Å². The highest BCUT2D eigenvalue weighted by atomic mass is 79.9. The Balaban J connectivity index is 2.37. The van der Waals surface area contributed by atoms with Crippen LogP contribution in [0.5, 0.6) is 0 Å². The summed E-state index contributed by atoms with van der Waals surface area (Å²) in [7, 11) is -3.17. The zero-order valence-corrected chi connectivity index (χ0v) is 12.8. The molecule has 1 rings (SSSR count). The van der Waals surface area contributed by atoms with Gasteiger partial charge in [-0.1, -0.05) is 0 Å². The first kappa shape index (κ1) is 15.9. The van der Waals surface area contributed by atoms with Crippen LogP contribution in [0.2, 0.25) is 0 Å². The highest BCUT2D eigenvalue weighted by molar-refractivity contribution is 9.10. The molecule has 6 nitrogen and oxygen atoms in total. The molecule has 0 radical (unpaired) electrons. The van der Waals surface area contributed by atoms with Crippen molar-refractivity contribution in [3.8, 4) is 0 Å². The standard InChI is InChI=1S/C11H16BrN3O3S/c1-19(17,18)15-6-2-5-14-11(16)8-3-4-9(12)10(13)7-8/h3-4,7,15H,2,5-6,13H2,1H3,(H,14,16). The normalized spacial score (nSPS) is 11.3. The van der Waals surface area contributed by atoms with Crippen molar-refractivity contribution in [2.45, 2.75) is 6.42 Å². The summed E-state index contributed by atoms with van der Waals surface area (Å²) in [6.07, 6.45) is 1.61. The third kappa shape index (κ3) is 6.04. The largest absolute Gasteiger partial charge is 0.398 e. The lowest BCUT2D eigenvalue weighted by Crippen LogP contribution is -2.29. The second-order valence-electron chi connectivity index (χ2n) is 4.01. The molecule has 0 saturated heterocycles. The van der Waals surface area contributed by atoms with Gasteiger partial charge >= 0.3 is 0 Å². The molecule has 0 fully saturated rings. The number of carbonyl (C=O) groups is 1. The van der Waals surface area contributed by atoms with Crippen molar-refractivity contribution in [2.75, 3.05) is 25.1 Å². The molecule has 8 heteroatoms. The van der Waals surface area contributed by atoms with E-state index in [4.69, 9.17) is 5.73 Å². The van der Waals surface area contributed by atoms with Gasteiger partial charge in [-0.05, 0) is 40.5 Å². The first-order valence-corrected chi connectivity index (χ1v) is 8.26. The number of nitrogens with one attached hydrogen (secondary N) is 2. The first-order chi connectivity index (χ1) is 8.79. The summed E-state index contributed by atoms with van der Waals surface area (Å²) in [6, 6.07) is 4.94. The first-order valence-electron chi connectivity index (χ1n) is 5.57. The minimum absolute atomic E-state index is 0.237. The lowest BCUT2D eigenvalue weighted by molar-refractivity contribution is 0.0953. The minimum Gasteiger partial charge on any atom is -0.398 e. The van der Waals surface area contributed by atoms with Crippen molar-refractivity contribution in [3.63, 3.8) is 0 Å². The Labute approximate surface area is 120 Å². The van der Waals surface area contributed by atoms with Gasteiger partial charge in [-0.3, -0.25) is 4.79 Å². The van der Waals surface area contributed by atoms with Gasteiger partial charge < -0.3 is 11.1 Å². The summed E-state index contributed by atoms with van der Waals surface area (Å²) in [4.78, 5) is 11.7. The second kappa shape index (κ2) is 6.88. The van der Waals surface area contributed by atoms with Gasteiger partial charge in [0.2, 0.25) is 10.0 Å². The lowest BCUT2D eigenvalue weighted by Gasteiger charge is -2.07. The topological polar surface area (TPSA) is 101 Å². The molecule has 19 heavy (non-hydrogen) atoms. The van der Waals surface area contributed by atoms with Crippen molar-refractivity contribution in [1.82, 2.24) is 10.0 Å². The number of halogens is 1. The van der Waals surface area contributed by atoms with E-state index in [1.165, 1.54) is 0 Å². The minimum atomic E-state index is -3.17. The number of nitrogens with two attached hydrogens (primary N) is 1. The van der Waals surface area contributed by atoms with E-state index in [1.54, 1.807) is 18.2 Å². The van der Waals surface area contributed by atoms with Crippen LogP contribution in [0.3, 0.4) is 0 Å². The van der Waals surface area contributed by atoms with Crippen LogP contribution in [0.1, 0.15) is 16.8 Å². The second-order valence-corrected chi connectivity index (χ2v) is 6.70. The molecule has 1 aromatic rings. The summed E-state index contributed by atoms with van der Waals surface area (Å²) in [5.74, 6) is -0.237. The molecule has 0 aromatic heterocycles. The Morgan fingerprint density at radius 3 is 2.63 bits per heavy atom. The molecule has 0 heterocycles. The summed E-state index contributed by atoms with van der Waals surface area (Å²) in [5, 5.41) is 2.69. The molecular weight excluding hydrogens is 334 g/mol. The van der Waals surface area contributed by atoms with Gasteiger partial charge in [0.15, 0.2) is 0 Å². The summed E-state index contributed by atoms with van der Waals surface area (Å²) < 4.78 is 24.7. The molecule has 1 aromatic carbocycles. The van der Waals surface area contributed by atoms with Crippen LogP contribution >= 0.6 is 15.9 Å². The number of anilines is 1. The fraction of sp³-hybridized carbons (Fsp3) is 0.364. The maximum atomic E-state index is 11.7. The van der Waals surface area contributed by atoms with E-state index in [1.807, 2.05) is 0 Å². The Bertz CT molecular complexity index is 560. The fourth-order valence-electron chi connectivity index (χ4n) is 1.33. The van der Waals surface area contributed by atoms with Crippen molar-refractivity contribution >= 4 is 37.5 Å². The van der Waals surface area contributed by atoms with Gasteiger partial charge in [0.1, 0.15) is 0 Å². The molecule has 1 amide bonds. The summed E-state index contributed by atoms with van der Waals surface area (Å²) >= 11 is 3.25. The third-order valence-corrected chi connectivity index (χ3v) is 3.71. The van der Waals surface area contributed by atoms with Crippen molar-refractivity contribution in [1.29, 1.82) is 0 Å². The average molecular weight is 350 g/mol. The zero-order chi connectivity index (χ0) is 14.5. The van der Waals surface area contributed by atoms with E-state index < -0.39 is 10.0 Å². The number of benzene rings is 1. The predicted octanol–water partition coefficient (Wildman–Crippen LogP) is 0.700. The van der Waals surface area contributed by atoms with Crippen LogP contribution in [0.25, 0.3) is 0 Å². The fourth-order valence-corrected chi connectivity index (χ4v) is 2.10. The van der Waals surface area contributed by atoms with Crippen LogP contribution in [0.15, 0.2) is 22.7 Å². The molecule has 0 atom stereocenters.